The smallest absolute Gasteiger partial charge is 0.472 e. The number of allylic oxidation sites excluding steroid dienone is 15. The van der Waals surface area contributed by atoms with E-state index in [1.165, 1.54) is 19.3 Å². The van der Waals surface area contributed by atoms with E-state index in [1.54, 1.807) is 6.08 Å². The van der Waals surface area contributed by atoms with Gasteiger partial charge in [-0.05, 0) is 70.6 Å². The summed E-state index contributed by atoms with van der Waals surface area (Å²) in [4.78, 5) is 45.9. The first-order chi connectivity index (χ1) is 28.5. The van der Waals surface area contributed by atoms with Crippen molar-refractivity contribution in [1.82, 2.24) is 0 Å². The van der Waals surface area contributed by atoms with Crippen molar-refractivity contribution in [2.24, 2.45) is 5.73 Å². The van der Waals surface area contributed by atoms with E-state index in [0.29, 0.717) is 25.7 Å². The number of aliphatic carboxylic acids is 1. The molecule has 0 radical (unpaired) electrons. The first kappa shape index (κ1) is 55.4. The quantitative estimate of drug-likeness (QED) is 0.0151. The van der Waals surface area contributed by atoms with Gasteiger partial charge in [0, 0.05) is 12.8 Å². The van der Waals surface area contributed by atoms with E-state index in [4.69, 9.17) is 24.8 Å². The molecule has 0 saturated carbocycles. The number of carbonyl (C=O) groups excluding carboxylic acids is 2. The molecule has 0 spiro atoms. The molecule has 0 aromatic rings. The highest BCUT2D eigenvalue weighted by Crippen LogP contribution is 2.43. The zero-order valence-corrected chi connectivity index (χ0v) is 36.6. The van der Waals surface area contributed by atoms with Crippen LogP contribution in [0.4, 0.5) is 0 Å². The van der Waals surface area contributed by atoms with Crippen LogP contribution in [0.5, 0.6) is 0 Å². The van der Waals surface area contributed by atoms with E-state index >= 15 is 0 Å². The number of aliphatic hydroxyl groups excluding tert-OH is 1. The number of aliphatic hydroxyl groups is 1. The average molecular weight is 848 g/mol. The van der Waals surface area contributed by atoms with Gasteiger partial charge in [-0.25, -0.2) is 4.57 Å². The lowest BCUT2D eigenvalue weighted by molar-refractivity contribution is -0.161. The number of hydrogen-bond acceptors (Lipinski definition) is 10. The second-order valence-electron chi connectivity index (χ2n) is 13.9. The minimum Gasteiger partial charge on any atom is -0.480 e. The molecule has 59 heavy (non-hydrogen) atoms. The molecule has 0 aliphatic carbocycles. The number of hydrogen-bond donors (Lipinski definition) is 4. The third-order valence-corrected chi connectivity index (χ3v) is 9.38. The minimum absolute atomic E-state index is 0.0115. The Kier molecular flexibility index (Phi) is 37.3. The van der Waals surface area contributed by atoms with Gasteiger partial charge in [0.15, 0.2) is 6.10 Å². The van der Waals surface area contributed by atoms with Crippen LogP contribution in [0.2, 0.25) is 0 Å². The monoisotopic (exact) mass is 847 g/mol. The summed E-state index contributed by atoms with van der Waals surface area (Å²) in [6, 6.07) is -1.55. The van der Waals surface area contributed by atoms with Gasteiger partial charge in [0.25, 0.3) is 0 Å². The van der Waals surface area contributed by atoms with Crippen LogP contribution in [0.3, 0.4) is 0 Å². The highest BCUT2D eigenvalue weighted by molar-refractivity contribution is 7.47. The van der Waals surface area contributed by atoms with Crippen molar-refractivity contribution < 1.29 is 52.6 Å². The molecule has 0 aliphatic heterocycles. The van der Waals surface area contributed by atoms with Crippen molar-refractivity contribution in [1.29, 1.82) is 0 Å². The Morgan fingerprint density at radius 3 is 1.81 bits per heavy atom. The average Bonchev–Trinajstić information content (AvgIpc) is 3.21. The number of carboxylic acids is 1. The number of nitrogens with two attached hydrogens (primary N) is 1. The van der Waals surface area contributed by atoms with Crippen molar-refractivity contribution in [2.45, 2.75) is 154 Å². The Balaban J connectivity index is 4.61. The Morgan fingerprint density at radius 2 is 1.19 bits per heavy atom. The first-order valence-electron chi connectivity index (χ1n) is 21.4. The lowest BCUT2D eigenvalue weighted by Crippen LogP contribution is -2.34. The molecular formula is C46H74NO11P. The summed E-state index contributed by atoms with van der Waals surface area (Å²) in [5.41, 5.74) is 5.32. The zero-order chi connectivity index (χ0) is 43.7. The molecular weight excluding hydrogens is 773 g/mol. The molecule has 334 valence electrons. The number of rotatable bonds is 38. The molecule has 0 rings (SSSR count). The molecule has 0 aromatic heterocycles. The van der Waals surface area contributed by atoms with Gasteiger partial charge in [-0.2, -0.15) is 0 Å². The van der Waals surface area contributed by atoms with Crippen molar-refractivity contribution in [2.75, 3.05) is 19.8 Å². The largest absolute Gasteiger partial charge is 0.480 e. The van der Waals surface area contributed by atoms with Crippen molar-refractivity contribution in [3.05, 3.63) is 97.2 Å². The highest BCUT2D eigenvalue weighted by atomic mass is 31.2. The third-order valence-electron chi connectivity index (χ3n) is 8.43. The van der Waals surface area contributed by atoms with E-state index in [0.717, 1.165) is 64.2 Å². The number of phosphoric acid groups is 1. The van der Waals surface area contributed by atoms with Gasteiger partial charge in [0.05, 0.1) is 19.3 Å². The maximum atomic E-state index is 12.6. The van der Waals surface area contributed by atoms with Gasteiger partial charge < -0.3 is 30.3 Å². The Labute approximate surface area is 354 Å². The van der Waals surface area contributed by atoms with Crippen LogP contribution in [0.25, 0.3) is 0 Å². The predicted octanol–water partition coefficient (Wildman–Crippen LogP) is 10.2. The predicted molar refractivity (Wildman–Crippen MR) is 236 cm³/mol. The van der Waals surface area contributed by atoms with Crippen LogP contribution < -0.4 is 5.73 Å². The molecule has 2 unspecified atom stereocenters. The summed E-state index contributed by atoms with van der Waals surface area (Å²) >= 11 is 0. The Bertz CT molecular complexity index is 1380. The maximum absolute atomic E-state index is 12.6. The minimum atomic E-state index is -4.77. The van der Waals surface area contributed by atoms with E-state index in [9.17, 15) is 28.9 Å². The van der Waals surface area contributed by atoms with Crippen molar-refractivity contribution in [3.63, 3.8) is 0 Å². The number of carboxylic acid groups (broad SMARTS) is 1. The van der Waals surface area contributed by atoms with Gasteiger partial charge in [-0.15, -0.1) is 0 Å². The first-order valence-corrected chi connectivity index (χ1v) is 22.9. The molecule has 13 heteroatoms. The lowest BCUT2D eigenvalue weighted by Gasteiger charge is -2.20. The summed E-state index contributed by atoms with van der Waals surface area (Å²) in [5, 5.41) is 19.0. The Morgan fingerprint density at radius 1 is 0.627 bits per heavy atom. The SMILES string of the molecule is CC/C=C/C/C=C/C=C/C(O)CCCCCCCC(=O)OC[C@H](COP(=O)(O)OC[C@H](N)C(=O)O)OC(=O)CC/C=C\C/C=C\C/C=C\C/C=C\C/C=C\CCCCC. The molecule has 0 heterocycles. The number of esters is 2. The number of phosphoric ester groups is 1. The van der Waals surface area contributed by atoms with Gasteiger partial charge >= 0.3 is 25.7 Å². The number of ether oxygens (including phenoxy) is 2. The zero-order valence-electron chi connectivity index (χ0n) is 35.7. The molecule has 4 atom stereocenters. The molecule has 0 saturated heterocycles. The van der Waals surface area contributed by atoms with Gasteiger partial charge in [-0.1, -0.05) is 150 Å². The third kappa shape index (κ3) is 39.6. The van der Waals surface area contributed by atoms with Gasteiger partial charge in [0.1, 0.15) is 12.6 Å². The number of carbonyl (C=O) groups is 3. The summed E-state index contributed by atoms with van der Waals surface area (Å²) < 4.78 is 32.5. The topological polar surface area (TPSA) is 192 Å². The number of unbranched alkanes of at least 4 members (excludes halogenated alkanes) is 7. The van der Waals surface area contributed by atoms with Gasteiger partial charge in [-0.3, -0.25) is 23.4 Å². The van der Waals surface area contributed by atoms with Gasteiger partial charge in [0.2, 0.25) is 0 Å². The van der Waals surface area contributed by atoms with E-state index in [2.05, 4.69) is 73.1 Å². The van der Waals surface area contributed by atoms with Crippen LogP contribution in [-0.4, -0.2) is 71.1 Å². The van der Waals surface area contributed by atoms with E-state index in [1.807, 2.05) is 36.5 Å². The summed E-state index contributed by atoms with van der Waals surface area (Å²) in [5.74, 6) is -2.59. The Hall–Kier alpha value is -3.64. The lowest BCUT2D eigenvalue weighted by atomic mass is 10.1. The fourth-order valence-electron chi connectivity index (χ4n) is 5.05. The van der Waals surface area contributed by atoms with Crippen LogP contribution in [0.1, 0.15) is 136 Å². The molecule has 5 N–H and O–H groups in total. The summed E-state index contributed by atoms with van der Waals surface area (Å²) in [6.45, 7) is 2.44. The second-order valence-corrected chi connectivity index (χ2v) is 15.4. The highest BCUT2D eigenvalue weighted by Gasteiger charge is 2.28. The fourth-order valence-corrected chi connectivity index (χ4v) is 5.83. The molecule has 0 bridgehead atoms. The molecule has 0 amide bonds. The second kappa shape index (κ2) is 39.8. The van der Waals surface area contributed by atoms with Crippen molar-refractivity contribution >= 4 is 25.7 Å². The molecule has 12 nitrogen and oxygen atoms in total. The molecule has 0 aliphatic rings. The molecule has 0 fully saturated rings. The standard InChI is InChI=1S/C46H74NO11P/c1-3-5-7-9-11-12-13-14-15-16-17-18-19-20-21-22-24-28-33-37-45(50)58-42(39-56-59(53,54)57-40-43(47)46(51)52)38-55-44(49)36-32-29-25-27-31-35-41(48)34-30-26-23-10-8-6-4-2/h6,8,11-12,14-15,17-18,20-21,23-24,26,28,30,34,41-43,48H,3-5,7,9-10,13,16,19,22,25,27,29,31-33,35-40,47H2,1-2H3,(H,51,52)(H,53,54)/b8-6+,12-11-,15-14-,18-17-,21-20-,26-23+,28-24-,34-30+/t41?,42-,43+/m1/s1. The molecule has 0 aromatic carbocycles. The van der Waals surface area contributed by atoms with Crippen LogP contribution >= 0.6 is 7.82 Å². The fraction of sp³-hybridized carbons (Fsp3) is 0.587. The normalized spacial score (nSPS) is 15.2. The van der Waals surface area contributed by atoms with E-state index < -0.39 is 63.8 Å². The van der Waals surface area contributed by atoms with Crippen LogP contribution in [0.15, 0.2) is 97.2 Å². The van der Waals surface area contributed by atoms with Crippen LogP contribution in [-0.2, 0) is 37.5 Å². The maximum Gasteiger partial charge on any atom is 0.472 e. The van der Waals surface area contributed by atoms with E-state index in [-0.39, 0.29) is 12.8 Å². The summed E-state index contributed by atoms with van der Waals surface area (Å²) in [6.07, 6.45) is 46.5. The van der Waals surface area contributed by atoms with Crippen molar-refractivity contribution in [3.8, 4) is 0 Å². The van der Waals surface area contributed by atoms with Crippen LogP contribution in [0, 0.1) is 0 Å². The summed E-state index contributed by atoms with van der Waals surface area (Å²) in [7, 11) is -4.77.